The molecule has 1 aliphatic heterocycles. The zero-order valence-electron chi connectivity index (χ0n) is 17.3. The SMILES string of the molecule is COCCN1C(=O)c2ccccc2NC1(C)c1ccccc1OCc1ccccc1. The number of carbonyl (C=O) groups excluding carboxylic acids is 1. The van der Waals surface area contributed by atoms with E-state index in [-0.39, 0.29) is 5.91 Å². The van der Waals surface area contributed by atoms with E-state index in [1.165, 1.54) is 0 Å². The second-order valence-electron chi connectivity index (χ2n) is 7.46. The minimum atomic E-state index is -0.781. The highest BCUT2D eigenvalue weighted by molar-refractivity contribution is 6.02. The van der Waals surface area contributed by atoms with Crippen LogP contribution in [0.25, 0.3) is 0 Å². The van der Waals surface area contributed by atoms with Gasteiger partial charge in [0, 0.05) is 24.9 Å². The van der Waals surface area contributed by atoms with Crippen molar-refractivity contribution in [1.29, 1.82) is 0 Å². The van der Waals surface area contributed by atoms with Gasteiger partial charge in [-0.2, -0.15) is 0 Å². The molecule has 1 atom stereocenters. The zero-order chi connectivity index (χ0) is 21.0. The fourth-order valence-corrected chi connectivity index (χ4v) is 3.91. The summed E-state index contributed by atoms with van der Waals surface area (Å²) in [5, 5.41) is 3.59. The van der Waals surface area contributed by atoms with Gasteiger partial charge in [-0.15, -0.1) is 0 Å². The normalized spacial score (nSPS) is 17.9. The van der Waals surface area contributed by atoms with Gasteiger partial charge in [0.1, 0.15) is 18.0 Å². The molecule has 1 aliphatic rings. The number of methoxy groups -OCH3 is 1. The summed E-state index contributed by atoms with van der Waals surface area (Å²) in [4.78, 5) is 15.2. The van der Waals surface area contributed by atoms with Crippen LogP contribution in [0.4, 0.5) is 5.69 Å². The Morgan fingerprint density at radius 3 is 2.43 bits per heavy atom. The van der Waals surface area contributed by atoms with Crippen molar-refractivity contribution in [2.75, 3.05) is 25.6 Å². The average molecular weight is 402 g/mol. The van der Waals surface area contributed by atoms with Gasteiger partial charge >= 0.3 is 0 Å². The minimum absolute atomic E-state index is 0.0261. The van der Waals surface area contributed by atoms with E-state index in [0.29, 0.717) is 25.3 Å². The van der Waals surface area contributed by atoms with E-state index in [9.17, 15) is 4.79 Å². The first-order valence-electron chi connectivity index (χ1n) is 10.1. The molecule has 0 saturated heterocycles. The first-order valence-corrected chi connectivity index (χ1v) is 10.1. The lowest BCUT2D eigenvalue weighted by molar-refractivity contribution is 0.0431. The van der Waals surface area contributed by atoms with Gasteiger partial charge in [-0.3, -0.25) is 4.79 Å². The fourth-order valence-electron chi connectivity index (χ4n) is 3.91. The number of nitrogens with one attached hydrogen (secondary N) is 1. The highest BCUT2D eigenvalue weighted by atomic mass is 16.5. The number of rotatable bonds is 7. The number of hydrogen-bond acceptors (Lipinski definition) is 4. The lowest BCUT2D eigenvalue weighted by atomic mass is 9.92. The van der Waals surface area contributed by atoms with Crippen LogP contribution < -0.4 is 10.1 Å². The Morgan fingerprint density at radius 1 is 0.933 bits per heavy atom. The molecule has 1 unspecified atom stereocenters. The molecule has 4 rings (SSSR count). The highest BCUT2D eigenvalue weighted by Gasteiger charge is 2.43. The van der Waals surface area contributed by atoms with E-state index in [0.717, 1.165) is 22.6 Å². The maximum atomic E-state index is 13.4. The van der Waals surface area contributed by atoms with E-state index in [4.69, 9.17) is 9.47 Å². The van der Waals surface area contributed by atoms with Gasteiger partial charge in [0.2, 0.25) is 0 Å². The van der Waals surface area contributed by atoms with Crippen molar-refractivity contribution in [2.24, 2.45) is 0 Å². The number of benzene rings is 3. The molecule has 0 spiro atoms. The van der Waals surface area contributed by atoms with Gasteiger partial charge in [0.15, 0.2) is 0 Å². The second kappa shape index (κ2) is 8.59. The topological polar surface area (TPSA) is 50.8 Å². The third-order valence-corrected chi connectivity index (χ3v) is 5.49. The number of carbonyl (C=O) groups is 1. The Kier molecular flexibility index (Phi) is 5.72. The Morgan fingerprint density at radius 2 is 1.63 bits per heavy atom. The van der Waals surface area contributed by atoms with E-state index in [1.54, 1.807) is 7.11 Å². The molecule has 154 valence electrons. The quantitative estimate of drug-likeness (QED) is 0.625. The van der Waals surface area contributed by atoms with Gasteiger partial charge in [0.05, 0.1) is 12.2 Å². The third kappa shape index (κ3) is 3.76. The number of nitrogens with zero attached hydrogens (tertiary/aromatic N) is 1. The van der Waals surface area contributed by atoms with Crippen molar-refractivity contribution in [2.45, 2.75) is 19.2 Å². The average Bonchev–Trinajstić information content (AvgIpc) is 2.78. The Hall–Kier alpha value is -3.31. The maximum absolute atomic E-state index is 13.4. The molecule has 0 radical (unpaired) electrons. The molecule has 0 fully saturated rings. The van der Waals surface area contributed by atoms with Crippen LogP contribution in [0, 0.1) is 0 Å². The van der Waals surface area contributed by atoms with Crippen LogP contribution in [0.15, 0.2) is 78.9 Å². The van der Waals surface area contributed by atoms with E-state index >= 15 is 0 Å². The van der Waals surface area contributed by atoms with Gasteiger partial charge in [-0.25, -0.2) is 0 Å². The largest absolute Gasteiger partial charge is 0.488 e. The Bertz CT molecular complexity index is 1020. The summed E-state index contributed by atoms with van der Waals surface area (Å²) in [6, 6.07) is 25.5. The molecule has 0 saturated carbocycles. The summed E-state index contributed by atoms with van der Waals surface area (Å²) in [7, 11) is 1.64. The highest BCUT2D eigenvalue weighted by Crippen LogP contribution is 2.41. The predicted octanol–water partition coefficient (Wildman–Crippen LogP) is 4.65. The summed E-state index contributed by atoms with van der Waals surface area (Å²) in [6.07, 6.45) is 0. The predicted molar refractivity (Wildman–Crippen MR) is 118 cm³/mol. The molecule has 1 heterocycles. The fraction of sp³-hybridized carbons (Fsp3) is 0.240. The Labute approximate surface area is 177 Å². The summed E-state index contributed by atoms with van der Waals surface area (Å²) < 4.78 is 11.5. The standard InChI is InChI=1S/C25H26N2O3/c1-25(21-13-7-9-15-23(21)30-18-19-10-4-3-5-11-19)26-22-14-8-6-12-20(22)24(28)27(25)16-17-29-2/h3-15,26H,16-18H2,1-2H3. The smallest absolute Gasteiger partial charge is 0.258 e. The monoisotopic (exact) mass is 402 g/mol. The maximum Gasteiger partial charge on any atom is 0.258 e. The molecule has 0 aliphatic carbocycles. The van der Waals surface area contributed by atoms with Crippen molar-refractivity contribution in [1.82, 2.24) is 4.90 Å². The second-order valence-corrected chi connectivity index (χ2v) is 7.46. The van der Waals surface area contributed by atoms with E-state index in [2.05, 4.69) is 5.32 Å². The number of hydrogen-bond donors (Lipinski definition) is 1. The lowest BCUT2D eigenvalue weighted by Gasteiger charge is -2.47. The zero-order valence-corrected chi connectivity index (χ0v) is 17.3. The molecule has 1 amide bonds. The van der Waals surface area contributed by atoms with Crippen LogP contribution in [-0.2, 0) is 17.0 Å². The molecule has 0 bridgehead atoms. The summed E-state index contributed by atoms with van der Waals surface area (Å²) >= 11 is 0. The summed E-state index contributed by atoms with van der Waals surface area (Å²) in [5.74, 6) is 0.715. The number of amides is 1. The van der Waals surface area contributed by atoms with E-state index in [1.807, 2.05) is 90.7 Å². The molecular formula is C25H26N2O3. The van der Waals surface area contributed by atoms with Crippen LogP contribution in [0.5, 0.6) is 5.75 Å². The molecular weight excluding hydrogens is 376 g/mol. The van der Waals surface area contributed by atoms with Gasteiger partial charge < -0.3 is 19.7 Å². The van der Waals surface area contributed by atoms with Crippen molar-refractivity contribution in [3.05, 3.63) is 95.6 Å². The third-order valence-electron chi connectivity index (χ3n) is 5.49. The van der Waals surface area contributed by atoms with Crippen LogP contribution in [0.2, 0.25) is 0 Å². The summed E-state index contributed by atoms with van der Waals surface area (Å²) in [5.41, 5.74) is 2.69. The Balaban J connectivity index is 1.72. The molecule has 3 aromatic carbocycles. The number of anilines is 1. The number of ether oxygens (including phenoxy) is 2. The van der Waals surface area contributed by atoms with E-state index < -0.39 is 5.66 Å². The van der Waals surface area contributed by atoms with Gasteiger partial charge in [-0.05, 0) is 30.7 Å². The minimum Gasteiger partial charge on any atom is -0.488 e. The molecule has 5 heteroatoms. The number of para-hydroxylation sites is 2. The first kappa shape index (κ1) is 20.0. The van der Waals surface area contributed by atoms with Crippen molar-refractivity contribution in [3.8, 4) is 5.75 Å². The van der Waals surface area contributed by atoms with Crippen molar-refractivity contribution < 1.29 is 14.3 Å². The van der Waals surface area contributed by atoms with Crippen LogP contribution >= 0.6 is 0 Å². The molecule has 1 N–H and O–H groups in total. The van der Waals surface area contributed by atoms with Crippen molar-refractivity contribution >= 4 is 11.6 Å². The number of fused-ring (bicyclic) bond motifs is 1. The first-order chi connectivity index (χ1) is 14.6. The molecule has 5 nitrogen and oxygen atoms in total. The lowest BCUT2D eigenvalue weighted by Crippen LogP contribution is -2.56. The molecule has 30 heavy (non-hydrogen) atoms. The van der Waals surface area contributed by atoms with Crippen LogP contribution in [0.3, 0.4) is 0 Å². The molecule has 0 aromatic heterocycles. The van der Waals surface area contributed by atoms with Crippen molar-refractivity contribution in [3.63, 3.8) is 0 Å². The van der Waals surface area contributed by atoms with Crippen LogP contribution in [-0.4, -0.2) is 31.1 Å². The van der Waals surface area contributed by atoms with Crippen LogP contribution in [0.1, 0.15) is 28.4 Å². The summed E-state index contributed by atoms with van der Waals surface area (Å²) in [6.45, 7) is 3.37. The molecule has 3 aromatic rings. The van der Waals surface area contributed by atoms with Gasteiger partial charge in [-0.1, -0.05) is 60.7 Å². The van der Waals surface area contributed by atoms with Gasteiger partial charge in [0.25, 0.3) is 5.91 Å².